The summed E-state index contributed by atoms with van der Waals surface area (Å²) >= 11 is 0. The van der Waals surface area contributed by atoms with Crippen molar-refractivity contribution in [1.82, 2.24) is 34.9 Å². The van der Waals surface area contributed by atoms with Crippen LogP contribution < -0.4 is 5.32 Å². The molecular formula is C24H22N8. The van der Waals surface area contributed by atoms with E-state index in [9.17, 15) is 0 Å². The highest BCUT2D eigenvalue weighted by atomic mass is 15.2. The fourth-order valence-electron chi connectivity index (χ4n) is 3.61. The summed E-state index contributed by atoms with van der Waals surface area (Å²) < 4.78 is 1.78. The Bertz CT molecular complexity index is 1390. The number of fused-ring (bicyclic) bond motifs is 1. The zero-order valence-electron chi connectivity index (χ0n) is 18.1. The largest absolute Gasteiger partial charge is 0.323 e. The Balaban J connectivity index is 1.67. The fraction of sp³-hybridized carbons (Fsp3) is 0.167. The van der Waals surface area contributed by atoms with Gasteiger partial charge >= 0.3 is 0 Å². The van der Waals surface area contributed by atoms with E-state index in [2.05, 4.69) is 44.4 Å². The second kappa shape index (κ2) is 8.14. The van der Waals surface area contributed by atoms with Crippen molar-refractivity contribution in [3.8, 4) is 22.3 Å². The van der Waals surface area contributed by atoms with Crippen LogP contribution in [-0.4, -0.2) is 34.9 Å². The minimum absolute atomic E-state index is 0.360. The second-order valence-electron chi connectivity index (χ2n) is 7.91. The van der Waals surface area contributed by atoms with Crippen molar-refractivity contribution in [2.45, 2.75) is 19.8 Å². The maximum atomic E-state index is 4.92. The molecule has 0 aliphatic carbocycles. The van der Waals surface area contributed by atoms with Crippen molar-refractivity contribution in [2.24, 2.45) is 7.05 Å². The molecule has 5 aromatic heterocycles. The molecule has 0 aliphatic rings. The van der Waals surface area contributed by atoms with Crippen LogP contribution in [0.15, 0.2) is 67.5 Å². The number of rotatable bonds is 5. The molecule has 8 heteroatoms. The summed E-state index contributed by atoms with van der Waals surface area (Å²) in [6.45, 7) is 4.25. The number of pyridine rings is 3. The number of aromatic nitrogens is 7. The monoisotopic (exact) mass is 422 g/mol. The average Bonchev–Trinajstić information content (AvgIpc) is 3.25. The Labute approximate surface area is 185 Å². The number of nitrogens with one attached hydrogen (secondary N) is 1. The third kappa shape index (κ3) is 3.78. The molecule has 0 spiro atoms. The molecule has 32 heavy (non-hydrogen) atoms. The molecule has 0 amide bonds. The lowest BCUT2D eigenvalue weighted by molar-refractivity contribution is 0.768. The van der Waals surface area contributed by atoms with E-state index in [0.717, 1.165) is 38.9 Å². The Hall–Kier alpha value is -4.20. The van der Waals surface area contributed by atoms with Crippen LogP contribution in [0.3, 0.4) is 0 Å². The lowest BCUT2D eigenvalue weighted by Crippen LogP contribution is -2.01. The van der Waals surface area contributed by atoms with Gasteiger partial charge in [0, 0.05) is 54.1 Å². The smallest absolute Gasteiger partial charge is 0.154 e. The van der Waals surface area contributed by atoms with Gasteiger partial charge in [0.1, 0.15) is 5.82 Å². The van der Waals surface area contributed by atoms with E-state index >= 15 is 0 Å². The van der Waals surface area contributed by atoms with Gasteiger partial charge in [-0.15, -0.1) is 5.10 Å². The van der Waals surface area contributed by atoms with Crippen LogP contribution in [-0.2, 0) is 7.05 Å². The first-order valence-corrected chi connectivity index (χ1v) is 10.4. The minimum atomic E-state index is 0.360. The number of hydrogen-bond acceptors (Lipinski definition) is 7. The normalized spacial score (nSPS) is 11.2. The van der Waals surface area contributed by atoms with E-state index in [1.54, 1.807) is 17.1 Å². The summed E-state index contributed by atoms with van der Waals surface area (Å²) in [6, 6.07) is 9.80. The predicted octanol–water partition coefficient (Wildman–Crippen LogP) is 4.75. The SMILES string of the molecule is CC(C)c1cnnc(Nc2ccc3ncc(-c4cnn(C)c4)c(-c4cccnc4)c3n2)c1. The van der Waals surface area contributed by atoms with Crippen molar-refractivity contribution >= 4 is 22.7 Å². The fourth-order valence-corrected chi connectivity index (χ4v) is 3.61. The molecule has 158 valence electrons. The van der Waals surface area contributed by atoms with Gasteiger partial charge in [-0.1, -0.05) is 19.9 Å². The molecular weight excluding hydrogens is 400 g/mol. The minimum Gasteiger partial charge on any atom is -0.323 e. The van der Waals surface area contributed by atoms with Crippen LogP contribution in [0, 0.1) is 0 Å². The number of anilines is 2. The first kappa shape index (κ1) is 19.7. The van der Waals surface area contributed by atoms with Gasteiger partial charge in [-0.25, -0.2) is 4.98 Å². The van der Waals surface area contributed by atoms with E-state index in [1.165, 1.54) is 0 Å². The van der Waals surface area contributed by atoms with Crippen LogP contribution in [0.25, 0.3) is 33.3 Å². The Morgan fingerprint density at radius 3 is 2.62 bits per heavy atom. The van der Waals surface area contributed by atoms with Gasteiger partial charge in [0.15, 0.2) is 5.82 Å². The van der Waals surface area contributed by atoms with E-state index < -0.39 is 0 Å². The lowest BCUT2D eigenvalue weighted by atomic mass is 9.97. The first-order valence-electron chi connectivity index (χ1n) is 10.4. The van der Waals surface area contributed by atoms with Gasteiger partial charge in [-0.3, -0.25) is 14.6 Å². The molecule has 0 fully saturated rings. The third-order valence-electron chi connectivity index (χ3n) is 5.28. The summed E-state index contributed by atoms with van der Waals surface area (Å²) in [5, 5.41) is 15.9. The van der Waals surface area contributed by atoms with Crippen molar-refractivity contribution in [3.05, 3.63) is 73.1 Å². The molecule has 0 aliphatic heterocycles. The van der Waals surface area contributed by atoms with Gasteiger partial charge < -0.3 is 5.32 Å². The van der Waals surface area contributed by atoms with Crippen molar-refractivity contribution in [1.29, 1.82) is 0 Å². The van der Waals surface area contributed by atoms with Crippen molar-refractivity contribution in [3.63, 3.8) is 0 Å². The molecule has 0 bridgehead atoms. The second-order valence-corrected chi connectivity index (χ2v) is 7.91. The average molecular weight is 422 g/mol. The van der Waals surface area contributed by atoms with Gasteiger partial charge in [0.25, 0.3) is 0 Å². The van der Waals surface area contributed by atoms with Crippen LogP contribution in [0.2, 0.25) is 0 Å². The molecule has 8 nitrogen and oxygen atoms in total. The van der Waals surface area contributed by atoms with Crippen LogP contribution >= 0.6 is 0 Å². The van der Waals surface area contributed by atoms with Gasteiger partial charge in [-0.2, -0.15) is 10.2 Å². The molecule has 5 heterocycles. The quantitative estimate of drug-likeness (QED) is 0.437. The molecule has 0 radical (unpaired) electrons. The van der Waals surface area contributed by atoms with Crippen LogP contribution in [0.5, 0.6) is 0 Å². The summed E-state index contributed by atoms with van der Waals surface area (Å²) in [7, 11) is 1.90. The first-order chi connectivity index (χ1) is 15.6. The van der Waals surface area contributed by atoms with Crippen LogP contribution in [0.4, 0.5) is 11.6 Å². The third-order valence-corrected chi connectivity index (χ3v) is 5.28. The lowest BCUT2D eigenvalue weighted by Gasteiger charge is -2.13. The standard InChI is InChI=1S/C24H22N8/c1-15(2)17-9-22(31-27-11-17)29-21-7-6-20-24(30-21)23(16-5-4-8-25-10-16)19(13-26-20)18-12-28-32(3)14-18/h4-15H,1-3H3,(H,29,30,31). The Morgan fingerprint density at radius 2 is 1.88 bits per heavy atom. The van der Waals surface area contributed by atoms with Crippen molar-refractivity contribution in [2.75, 3.05) is 5.32 Å². The molecule has 1 N–H and O–H groups in total. The number of hydrogen-bond donors (Lipinski definition) is 1. The van der Waals surface area contributed by atoms with E-state index in [4.69, 9.17) is 4.98 Å². The molecule has 0 saturated heterocycles. The summed E-state index contributed by atoms with van der Waals surface area (Å²) in [4.78, 5) is 13.9. The zero-order valence-corrected chi connectivity index (χ0v) is 18.1. The summed E-state index contributed by atoms with van der Waals surface area (Å²) in [5.41, 5.74) is 6.52. The highest BCUT2D eigenvalue weighted by molar-refractivity contribution is 6.00. The summed E-state index contributed by atoms with van der Waals surface area (Å²) in [6.07, 6.45) is 11.1. The predicted molar refractivity (Wildman–Crippen MR) is 124 cm³/mol. The van der Waals surface area contributed by atoms with Gasteiger partial charge in [-0.05, 0) is 35.7 Å². The van der Waals surface area contributed by atoms with E-state index in [1.807, 2.05) is 62.2 Å². The van der Waals surface area contributed by atoms with Crippen LogP contribution in [0.1, 0.15) is 25.3 Å². The molecule has 0 unspecified atom stereocenters. The number of nitrogens with zero attached hydrogens (tertiary/aromatic N) is 7. The molecule has 0 aromatic carbocycles. The Morgan fingerprint density at radius 1 is 0.969 bits per heavy atom. The molecule has 0 atom stereocenters. The molecule has 5 rings (SSSR count). The number of aryl methyl sites for hydroxylation is 1. The molecule has 5 aromatic rings. The van der Waals surface area contributed by atoms with Crippen molar-refractivity contribution < 1.29 is 0 Å². The van der Waals surface area contributed by atoms with E-state index in [-0.39, 0.29) is 0 Å². The highest BCUT2D eigenvalue weighted by Gasteiger charge is 2.16. The Kier molecular flexibility index (Phi) is 5.03. The molecule has 0 saturated carbocycles. The van der Waals surface area contributed by atoms with E-state index in [0.29, 0.717) is 17.6 Å². The van der Waals surface area contributed by atoms with Gasteiger partial charge in [0.05, 0.1) is 23.4 Å². The summed E-state index contributed by atoms with van der Waals surface area (Å²) in [5.74, 6) is 1.68. The van der Waals surface area contributed by atoms with Gasteiger partial charge in [0.2, 0.25) is 0 Å². The maximum Gasteiger partial charge on any atom is 0.154 e. The topological polar surface area (TPSA) is 94.3 Å². The maximum absolute atomic E-state index is 4.92. The zero-order chi connectivity index (χ0) is 22.1. The highest BCUT2D eigenvalue weighted by Crippen LogP contribution is 2.36.